The van der Waals surface area contributed by atoms with E-state index >= 15 is 0 Å². The summed E-state index contributed by atoms with van der Waals surface area (Å²) in [5.41, 5.74) is -1.70. The Morgan fingerprint density at radius 1 is 1.26 bits per heavy atom. The number of amides is 1. The Kier molecular flexibility index (Phi) is 4.56. The molecule has 126 valence electrons. The number of esters is 1. The number of hydrogen-bond acceptors (Lipinski definition) is 3. The summed E-state index contributed by atoms with van der Waals surface area (Å²) in [4.78, 5) is 23.8. The van der Waals surface area contributed by atoms with Crippen LogP contribution in [0.2, 0.25) is 0 Å². The van der Waals surface area contributed by atoms with E-state index in [-0.39, 0.29) is 6.42 Å². The lowest BCUT2D eigenvalue weighted by atomic mass is 10.1. The molecule has 0 aromatic heterocycles. The lowest BCUT2D eigenvalue weighted by molar-refractivity contribution is -0.158. The molecular formula is C14H12Cl2F3NO3. The van der Waals surface area contributed by atoms with Gasteiger partial charge in [0.1, 0.15) is 9.75 Å². The molecule has 1 fully saturated rings. The van der Waals surface area contributed by atoms with Gasteiger partial charge in [-0.15, -0.1) is 23.2 Å². The first-order valence-electron chi connectivity index (χ1n) is 6.53. The molecule has 1 aliphatic carbocycles. The van der Waals surface area contributed by atoms with Gasteiger partial charge < -0.3 is 10.1 Å². The van der Waals surface area contributed by atoms with Crippen LogP contribution in [0.1, 0.15) is 20.3 Å². The van der Waals surface area contributed by atoms with E-state index < -0.39 is 50.9 Å². The van der Waals surface area contributed by atoms with Gasteiger partial charge in [-0.1, -0.05) is 0 Å². The average Bonchev–Trinajstić information content (AvgIpc) is 2.99. The van der Waals surface area contributed by atoms with Gasteiger partial charge >= 0.3 is 5.97 Å². The topological polar surface area (TPSA) is 55.4 Å². The zero-order chi connectivity index (χ0) is 17.6. The second-order valence-electron chi connectivity index (χ2n) is 5.47. The predicted molar refractivity (Wildman–Crippen MR) is 77.7 cm³/mol. The zero-order valence-electron chi connectivity index (χ0n) is 12.1. The summed E-state index contributed by atoms with van der Waals surface area (Å²) in [5, 5.41) is 2.01. The van der Waals surface area contributed by atoms with Crippen LogP contribution in [0.3, 0.4) is 0 Å². The largest absolute Gasteiger partial charge is 0.452 e. The Labute approximate surface area is 139 Å². The highest BCUT2D eigenvalue weighted by molar-refractivity contribution is 6.53. The average molecular weight is 370 g/mol. The first-order chi connectivity index (χ1) is 10.5. The van der Waals surface area contributed by atoms with Gasteiger partial charge in [0.15, 0.2) is 23.6 Å². The fourth-order valence-electron chi connectivity index (χ4n) is 1.82. The molecular weight excluding hydrogens is 358 g/mol. The van der Waals surface area contributed by atoms with E-state index in [0.29, 0.717) is 6.07 Å². The zero-order valence-corrected chi connectivity index (χ0v) is 13.6. The molecule has 1 N–H and O–H groups in total. The van der Waals surface area contributed by atoms with Gasteiger partial charge in [0, 0.05) is 6.42 Å². The monoisotopic (exact) mass is 369 g/mol. The van der Waals surface area contributed by atoms with Crippen LogP contribution in [-0.2, 0) is 14.3 Å². The van der Waals surface area contributed by atoms with Crippen LogP contribution in [-0.4, -0.2) is 22.3 Å². The van der Waals surface area contributed by atoms with Crippen molar-refractivity contribution in [3.8, 4) is 0 Å². The summed E-state index contributed by atoms with van der Waals surface area (Å²) in [5.74, 6) is -6.35. The van der Waals surface area contributed by atoms with E-state index in [1.165, 1.54) is 13.8 Å². The predicted octanol–water partition coefficient (Wildman–Crippen LogP) is 3.56. The minimum Gasteiger partial charge on any atom is -0.452 e. The van der Waals surface area contributed by atoms with E-state index in [2.05, 4.69) is 0 Å². The Morgan fingerprint density at radius 2 is 1.83 bits per heavy atom. The van der Waals surface area contributed by atoms with E-state index in [4.69, 9.17) is 27.9 Å². The molecule has 4 nitrogen and oxygen atoms in total. The molecule has 1 amide bonds. The molecule has 2 atom stereocenters. The van der Waals surface area contributed by atoms with Crippen LogP contribution in [0.4, 0.5) is 18.9 Å². The molecule has 1 aromatic carbocycles. The van der Waals surface area contributed by atoms with Crippen LogP contribution in [0.5, 0.6) is 0 Å². The molecule has 9 heteroatoms. The maximum atomic E-state index is 13.5. The van der Waals surface area contributed by atoms with Gasteiger partial charge in [-0.3, -0.25) is 9.59 Å². The summed E-state index contributed by atoms with van der Waals surface area (Å²) < 4.78 is 43.1. The molecule has 1 aromatic rings. The minimum absolute atomic E-state index is 0.175. The van der Waals surface area contributed by atoms with Crippen molar-refractivity contribution in [3.05, 3.63) is 29.6 Å². The Hall–Kier alpha value is -1.47. The van der Waals surface area contributed by atoms with Crippen molar-refractivity contribution in [2.45, 2.75) is 30.7 Å². The number of carbonyl (C=O) groups is 2. The lowest BCUT2D eigenvalue weighted by Crippen LogP contribution is -2.33. The summed E-state index contributed by atoms with van der Waals surface area (Å²) >= 11 is 11.7. The first kappa shape index (κ1) is 17.9. The van der Waals surface area contributed by atoms with Gasteiger partial charge in [-0.25, -0.2) is 13.2 Å². The molecule has 23 heavy (non-hydrogen) atoms. The fraction of sp³-hybridized carbons (Fsp3) is 0.429. The number of nitrogens with one attached hydrogen (secondary N) is 1. The maximum Gasteiger partial charge on any atom is 0.315 e. The van der Waals surface area contributed by atoms with Crippen molar-refractivity contribution >= 4 is 40.8 Å². The van der Waals surface area contributed by atoms with Crippen molar-refractivity contribution < 1.29 is 27.5 Å². The fourth-order valence-corrected chi connectivity index (χ4v) is 2.51. The van der Waals surface area contributed by atoms with Crippen LogP contribution in [0.25, 0.3) is 0 Å². The first-order valence-corrected chi connectivity index (χ1v) is 7.28. The van der Waals surface area contributed by atoms with Crippen LogP contribution < -0.4 is 5.32 Å². The van der Waals surface area contributed by atoms with E-state index in [1.54, 1.807) is 0 Å². The number of halogens is 5. The van der Waals surface area contributed by atoms with Crippen LogP contribution in [0, 0.1) is 22.9 Å². The number of carbonyl (C=O) groups excluding carboxylic acids is 2. The molecule has 1 saturated carbocycles. The molecule has 1 aliphatic rings. The number of alkyl halides is 2. The second kappa shape index (κ2) is 5.87. The molecule has 2 rings (SSSR count). The summed E-state index contributed by atoms with van der Waals surface area (Å²) in [6, 6.07) is 1.51. The maximum absolute atomic E-state index is 13.5. The van der Waals surface area contributed by atoms with Crippen molar-refractivity contribution in [1.29, 1.82) is 0 Å². The summed E-state index contributed by atoms with van der Waals surface area (Å²) in [6.45, 7) is 2.72. The van der Waals surface area contributed by atoms with Gasteiger partial charge in [0.2, 0.25) is 0 Å². The SMILES string of the molecule is C[C@H](OC(=O)[C@@]1(C)CC1(Cl)Cl)C(=O)Nc1ccc(F)c(F)c1F. The third-order valence-corrected chi connectivity index (χ3v) is 4.76. The Morgan fingerprint density at radius 3 is 2.35 bits per heavy atom. The summed E-state index contributed by atoms with van der Waals surface area (Å²) in [6.07, 6.45) is -1.13. The summed E-state index contributed by atoms with van der Waals surface area (Å²) in [7, 11) is 0. The number of ether oxygens (including phenoxy) is 1. The highest BCUT2D eigenvalue weighted by atomic mass is 35.5. The third-order valence-electron chi connectivity index (χ3n) is 3.65. The molecule has 0 saturated heterocycles. The molecule has 0 spiro atoms. The minimum atomic E-state index is -1.72. The molecule has 0 unspecified atom stereocenters. The molecule has 0 heterocycles. The number of anilines is 1. The van der Waals surface area contributed by atoms with Crippen molar-refractivity contribution in [1.82, 2.24) is 0 Å². The van der Waals surface area contributed by atoms with Gasteiger partial charge in [-0.05, 0) is 26.0 Å². The Bertz CT molecular complexity index is 683. The third kappa shape index (κ3) is 3.26. The lowest BCUT2D eigenvalue weighted by Gasteiger charge is -2.17. The normalized spacial score (nSPS) is 23.1. The van der Waals surface area contributed by atoms with E-state index in [1.807, 2.05) is 5.32 Å². The Balaban J connectivity index is 2.01. The number of benzene rings is 1. The standard InChI is InChI=1S/C14H12Cl2F3NO3/c1-6(23-12(22)13(2)5-14(13,15)16)11(21)20-8-4-3-7(17)9(18)10(8)19/h3-4,6H,5H2,1-2H3,(H,20,21)/t6-,13+/m0/s1. The van der Waals surface area contributed by atoms with Crippen LogP contribution >= 0.6 is 23.2 Å². The quantitative estimate of drug-likeness (QED) is 0.501. The van der Waals surface area contributed by atoms with E-state index in [9.17, 15) is 22.8 Å². The van der Waals surface area contributed by atoms with Crippen LogP contribution in [0.15, 0.2) is 12.1 Å². The van der Waals surface area contributed by atoms with Gasteiger partial charge in [0.05, 0.1) is 5.69 Å². The highest BCUT2D eigenvalue weighted by Gasteiger charge is 2.69. The number of rotatable bonds is 4. The van der Waals surface area contributed by atoms with Gasteiger partial charge in [-0.2, -0.15) is 0 Å². The number of hydrogen-bond donors (Lipinski definition) is 1. The smallest absolute Gasteiger partial charge is 0.315 e. The van der Waals surface area contributed by atoms with Crippen molar-refractivity contribution in [2.24, 2.45) is 5.41 Å². The van der Waals surface area contributed by atoms with Gasteiger partial charge in [0.25, 0.3) is 5.91 Å². The van der Waals surface area contributed by atoms with E-state index in [0.717, 1.165) is 6.07 Å². The second-order valence-corrected chi connectivity index (χ2v) is 6.96. The molecule has 0 bridgehead atoms. The highest BCUT2D eigenvalue weighted by Crippen LogP contribution is 2.64. The molecule has 0 aliphatic heterocycles. The molecule has 0 radical (unpaired) electrons. The van der Waals surface area contributed by atoms with Crippen molar-refractivity contribution in [2.75, 3.05) is 5.32 Å². The van der Waals surface area contributed by atoms with Crippen molar-refractivity contribution in [3.63, 3.8) is 0 Å².